The Hall–Kier alpha value is -2.89. The SMILES string of the molecule is CC(C)C(C)N(Cc1cc(NC(=O)c2cccc(F)c2)ccc1N(C)C)C(=O)C1CC1. The van der Waals surface area contributed by atoms with Crippen molar-refractivity contribution in [1.82, 2.24) is 4.90 Å². The zero-order chi connectivity index (χ0) is 22.7. The van der Waals surface area contributed by atoms with Crippen molar-refractivity contribution >= 4 is 23.2 Å². The maximum Gasteiger partial charge on any atom is 0.255 e. The summed E-state index contributed by atoms with van der Waals surface area (Å²) < 4.78 is 13.5. The number of nitrogens with one attached hydrogen (secondary N) is 1. The van der Waals surface area contributed by atoms with Gasteiger partial charge in [-0.2, -0.15) is 0 Å². The largest absolute Gasteiger partial charge is 0.377 e. The Kier molecular flexibility index (Phi) is 6.98. The number of hydrogen-bond acceptors (Lipinski definition) is 3. The van der Waals surface area contributed by atoms with E-state index in [9.17, 15) is 14.0 Å². The van der Waals surface area contributed by atoms with Crippen molar-refractivity contribution in [2.24, 2.45) is 11.8 Å². The van der Waals surface area contributed by atoms with E-state index in [1.165, 1.54) is 18.2 Å². The van der Waals surface area contributed by atoms with Gasteiger partial charge < -0.3 is 15.1 Å². The first-order chi connectivity index (χ1) is 14.7. The van der Waals surface area contributed by atoms with Crippen molar-refractivity contribution in [3.63, 3.8) is 0 Å². The van der Waals surface area contributed by atoms with Gasteiger partial charge in [-0.3, -0.25) is 9.59 Å². The number of rotatable bonds is 8. The Morgan fingerprint density at radius 3 is 2.39 bits per heavy atom. The van der Waals surface area contributed by atoms with Gasteiger partial charge in [-0.15, -0.1) is 0 Å². The molecule has 1 aliphatic carbocycles. The van der Waals surface area contributed by atoms with E-state index in [1.807, 2.05) is 42.1 Å². The van der Waals surface area contributed by atoms with Crippen molar-refractivity contribution in [2.75, 3.05) is 24.3 Å². The van der Waals surface area contributed by atoms with Gasteiger partial charge in [0.2, 0.25) is 5.91 Å². The number of carbonyl (C=O) groups excluding carboxylic acids is 2. The summed E-state index contributed by atoms with van der Waals surface area (Å²) in [7, 11) is 3.92. The van der Waals surface area contributed by atoms with E-state index in [0.29, 0.717) is 18.2 Å². The fourth-order valence-corrected chi connectivity index (χ4v) is 3.59. The smallest absolute Gasteiger partial charge is 0.255 e. The van der Waals surface area contributed by atoms with E-state index < -0.39 is 5.82 Å². The molecule has 5 nitrogen and oxygen atoms in total. The third kappa shape index (κ3) is 5.63. The van der Waals surface area contributed by atoms with Crippen LogP contribution in [0.15, 0.2) is 42.5 Å². The lowest BCUT2D eigenvalue weighted by Gasteiger charge is -2.33. The van der Waals surface area contributed by atoms with Crippen LogP contribution in [0.1, 0.15) is 49.5 Å². The number of benzene rings is 2. The molecule has 6 heteroatoms. The molecule has 0 aromatic heterocycles. The summed E-state index contributed by atoms with van der Waals surface area (Å²) in [6.07, 6.45) is 1.93. The molecule has 31 heavy (non-hydrogen) atoms. The standard InChI is InChI=1S/C25H32FN3O2/c1-16(2)17(3)29(25(31)18-9-10-18)15-20-14-22(11-12-23(20)28(4)5)27-24(30)19-7-6-8-21(26)13-19/h6-8,11-14,16-18H,9-10,15H2,1-5H3,(H,27,30). The zero-order valence-electron chi connectivity index (χ0n) is 19.0. The number of halogens is 1. The van der Waals surface area contributed by atoms with Gasteiger partial charge in [-0.25, -0.2) is 4.39 Å². The number of anilines is 2. The molecule has 0 saturated heterocycles. The van der Waals surface area contributed by atoms with E-state index in [4.69, 9.17) is 0 Å². The quantitative estimate of drug-likeness (QED) is 0.653. The van der Waals surface area contributed by atoms with Crippen LogP contribution in [0.25, 0.3) is 0 Å². The summed E-state index contributed by atoms with van der Waals surface area (Å²) in [5.74, 6) is -0.140. The molecule has 0 bridgehead atoms. The van der Waals surface area contributed by atoms with Crippen LogP contribution in [0.2, 0.25) is 0 Å². The first-order valence-corrected chi connectivity index (χ1v) is 10.8. The van der Waals surface area contributed by atoms with Crippen LogP contribution in [-0.2, 0) is 11.3 Å². The molecule has 0 aliphatic heterocycles. The second-order valence-electron chi connectivity index (χ2n) is 8.93. The van der Waals surface area contributed by atoms with E-state index in [0.717, 1.165) is 24.1 Å². The second kappa shape index (κ2) is 9.50. The molecular weight excluding hydrogens is 393 g/mol. The lowest BCUT2D eigenvalue weighted by molar-refractivity contribution is -0.136. The maximum absolute atomic E-state index is 13.5. The van der Waals surface area contributed by atoms with Gasteiger partial charge in [-0.05, 0) is 67.6 Å². The third-order valence-corrected chi connectivity index (χ3v) is 5.91. The fraction of sp³-hybridized carbons (Fsp3) is 0.440. The third-order valence-electron chi connectivity index (χ3n) is 5.91. The molecule has 1 aliphatic rings. The Labute approximate surface area is 184 Å². The van der Waals surface area contributed by atoms with Crippen molar-refractivity contribution in [1.29, 1.82) is 0 Å². The average molecular weight is 426 g/mol. The van der Waals surface area contributed by atoms with Crippen molar-refractivity contribution in [2.45, 2.75) is 46.2 Å². The van der Waals surface area contributed by atoms with Crippen molar-refractivity contribution in [3.05, 3.63) is 59.4 Å². The van der Waals surface area contributed by atoms with Gasteiger partial charge in [0, 0.05) is 49.5 Å². The lowest BCUT2D eigenvalue weighted by Crippen LogP contribution is -2.42. The minimum Gasteiger partial charge on any atom is -0.377 e. The number of hydrogen-bond donors (Lipinski definition) is 1. The van der Waals surface area contributed by atoms with Crippen LogP contribution < -0.4 is 10.2 Å². The monoisotopic (exact) mass is 425 g/mol. The molecule has 1 unspecified atom stereocenters. The number of carbonyl (C=O) groups is 2. The Balaban J connectivity index is 1.88. The van der Waals surface area contributed by atoms with Crippen LogP contribution in [0.5, 0.6) is 0 Å². The summed E-state index contributed by atoms with van der Waals surface area (Å²) in [5.41, 5.74) is 2.83. The first kappa shape index (κ1) is 22.8. The van der Waals surface area contributed by atoms with Gasteiger partial charge in [0.25, 0.3) is 5.91 Å². The molecule has 1 N–H and O–H groups in total. The van der Waals surface area contributed by atoms with Crippen molar-refractivity contribution in [3.8, 4) is 0 Å². The number of amides is 2. The predicted octanol–water partition coefficient (Wildman–Crippen LogP) is 4.93. The minimum atomic E-state index is -0.451. The van der Waals surface area contributed by atoms with Crippen LogP contribution in [-0.4, -0.2) is 36.9 Å². The highest BCUT2D eigenvalue weighted by Crippen LogP contribution is 2.34. The Morgan fingerprint density at radius 2 is 1.81 bits per heavy atom. The number of nitrogens with zero attached hydrogens (tertiary/aromatic N) is 2. The second-order valence-corrected chi connectivity index (χ2v) is 8.93. The van der Waals surface area contributed by atoms with E-state index in [2.05, 4.69) is 26.1 Å². The molecule has 1 saturated carbocycles. The highest BCUT2D eigenvalue weighted by Gasteiger charge is 2.36. The molecule has 2 aromatic rings. The van der Waals surface area contributed by atoms with Crippen molar-refractivity contribution < 1.29 is 14.0 Å². The molecule has 1 atom stereocenters. The Morgan fingerprint density at radius 1 is 1.10 bits per heavy atom. The lowest BCUT2D eigenvalue weighted by atomic mass is 10.0. The molecule has 1 fully saturated rings. The van der Waals surface area contributed by atoms with Gasteiger partial charge in [0.15, 0.2) is 0 Å². The summed E-state index contributed by atoms with van der Waals surface area (Å²) in [4.78, 5) is 29.6. The predicted molar refractivity (Wildman–Crippen MR) is 123 cm³/mol. The minimum absolute atomic E-state index is 0.105. The molecule has 166 valence electrons. The highest BCUT2D eigenvalue weighted by molar-refractivity contribution is 6.04. The molecule has 0 radical (unpaired) electrons. The van der Waals surface area contributed by atoms with Gasteiger partial charge >= 0.3 is 0 Å². The van der Waals surface area contributed by atoms with E-state index in [-0.39, 0.29) is 29.3 Å². The topological polar surface area (TPSA) is 52.7 Å². The van der Waals surface area contributed by atoms with Crippen LogP contribution in [0.4, 0.5) is 15.8 Å². The van der Waals surface area contributed by atoms with E-state index in [1.54, 1.807) is 6.07 Å². The van der Waals surface area contributed by atoms with Gasteiger partial charge in [0.05, 0.1) is 0 Å². The molecule has 2 amide bonds. The summed E-state index contributed by atoms with van der Waals surface area (Å²) in [6, 6.07) is 11.4. The fourth-order valence-electron chi connectivity index (χ4n) is 3.59. The van der Waals surface area contributed by atoms with E-state index >= 15 is 0 Å². The van der Waals surface area contributed by atoms with Crippen LogP contribution >= 0.6 is 0 Å². The summed E-state index contributed by atoms with van der Waals surface area (Å²) in [6.45, 7) is 6.82. The highest BCUT2D eigenvalue weighted by atomic mass is 19.1. The molecule has 0 spiro atoms. The summed E-state index contributed by atoms with van der Waals surface area (Å²) >= 11 is 0. The molecule has 2 aromatic carbocycles. The molecular formula is C25H32FN3O2. The zero-order valence-corrected chi connectivity index (χ0v) is 19.0. The summed E-state index contributed by atoms with van der Waals surface area (Å²) in [5, 5.41) is 2.85. The Bertz CT molecular complexity index is 954. The molecule has 3 rings (SSSR count). The van der Waals surface area contributed by atoms with Crippen LogP contribution in [0, 0.1) is 17.7 Å². The average Bonchev–Trinajstić information content (AvgIpc) is 3.56. The van der Waals surface area contributed by atoms with Crippen LogP contribution in [0.3, 0.4) is 0 Å². The normalized spacial score (nSPS) is 14.3. The molecule has 0 heterocycles. The van der Waals surface area contributed by atoms with Gasteiger partial charge in [-0.1, -0.05) is 19.9 Å². The van der Waals surface area contributed by atoms with Gasteiger partial charge in [0.1, 0.15) is 5.82 Å². The first-order valence-electron chi connectivity index (χ1n) is 10.8. The maximum atomic E-state index is 13.5.